The van der Waals surface area contributed by atoms with Gasteiger partial charge in [0.2, 0.25) is 0 Å². The molecule has 6 atom stereocenters. The number of aliphatic hydroxyl groups is 2. The van der Waals surface area contributed by atoms with Gasteiger partial charge in [-0.3, -0.25) is 0 Å². The Balaban J connectivity index is 1.75. The highest BCUT2D eigenvalue weighted by Crippen LogP contribution is 2.59. The Hall–Kier alpha value is -1.12. The van der Waals surface area contributed by atoms with E-state index in [2.05, 4.69) is 44.0 Å². The van der Waals surface area contributed by atoms with Crippen molar-refractivity contribution in [1.82, 2.24) is 0 Å². The van der Waals surface area contributed by atoms with Crippen molar-refractivity contribution in [3.8, 4) is 11.5 Å². The Morgan fingerprint density at radius 1 is 1.27 bits per heavy atom. The molecule has 166 valence electrons. The van der Waals surface area contributed by atoms with E-state index in [1.54, 1.807) is 0 Å². The van der Waals surface area contributed by atoms with Gasteiger partial charge in [0.15, 0.2) is 0 Å². The fourth-order valence-electron chi connectivity index (χ4n) is 6.25. The van der Waals surface area contributed by atoms with Crippen molar-refractivity contribution in [2.75, 3.05) is 0 Å². The molecule has 0 aromatic rings. The largest absolute Gasteiger partial charge is 0.422 e. The SMILES string of the molecule is C=C1/C(=C\C=C2/CCC[C@]3(C)[C@@H]([C@H](C)CC#C[Si](C)(C)O)CC[C@@H]23)C[C@@H](O)C[C@@H]1O. The van der Waals surface area contributed by atoms with Crippen LogP contribution in [0, 0.1) is 34.6 Å². The van der Waals surface area contributed by atoms with Gasteiger partial charge in [0.25, 0.3) is 8.32 Å². The fraction of sp³-hybridized carbons (Fsp3) is 0.692. The second kappa shape index (κ2) is 9.16. The highest BCUT2D eigenvalue weighted by Gasteiger charge is 2.50. The lowest BCUT2D eigenvalue weighted by Gasteiger charge is -2.44. The van der Waals surface area contributed by atoms with E-state index in [0.29, 0.717) is 36.0 Å². The van der Waals surface area contributed by atoms with Crippen LogP contribution in [0.15, 0.2) is 35.5 Å². The van der Waals surface area contributed by atoms with E-state index in [9.17, 15) is 15.0 Å². The normalized spacial score (nSPS) is 38.3. The van der Waals surface area contributed by atoms with Gasteiger partial charge in [0, 0.05) is 12.8 Å². The van der Waals surface area contributed by atoms with Gasteiger partial charge in [-0.05, 0) is 85.9 Å². The van der Waals surface area contributed by atoms with Gasteiger partial charge in [0.05, 0.1) is 12.2 Å². The molecule has 3 saturated carbocycles. The molecule has 3 fully saturated rings. The summed E-state index contributed by atoms with van der Waals surface area (Å²) >= 11 is 0. The van der Waals surface area contributed by atoms with Crippen LogP contribution < -0.4 is 0 Å². The summed E-state index contributed by atoms with van der Waals surface area (Å²) in [5.74, 6) is 5.12. The standard InChI is InChI=1S/C26H40O3Si/c1-18(8-7-15-30(4,5)29)23-12-13-24-20(9-6-14-26(23,24)3)10-11-21-16-22(27)17-25(28)19(21)2/h10-11,18,22-25,27-29H,2,6,8-9,12-14,16-17H2,1,3-5H3/b20-10+,21-11-/t18-,22-,23-,24+,25+,26-/m1/s1. The average molecular weight is 429 g/mol. The predicted molar refractivity (Wildman–Crippen MR) is 126 cm³/mol. The molecule has 30 heavy (non-hydrogen) atoms. The van der Waals surface area contributed by atoms with Crippen LogP contribution in [0.4, 0.5) is 0 Å². The zero-order chi connectivity index (χ0) is 22.1. The molecule has 3 nitrogen and oxygen atoms in total. The van der Waals surface area contributed by atoms with Crippen LogP contribution in [0.3, 0.4) is 0 Å². The molecule has 0 amide bonds. The molecular weight excluding hydrogens is 388 g/mol. The molecule has 3 aliphatic rings. The monoisotopic (exact) mass is 428 g/mol. The number of allylic oxidation sites excluding steroid dienone is 3. The Kier molecular flexibility index (Phi) is 7.19. The van der Waals surface area contributed by atoms with Gasteiger partial charge in [-0.25, -0.2) is 0 Å². The maximum atomic E-state index is 10.1. The van der Waals surface area contributed by atoms with Crippen LogP contribution in [-0.4, -0.2) is 35.5 Å². The van der Waals surface area contributed by atoms with Gasteiger partial charge in [0.1, 0.15) is 0 Å². The quantitative estimate of drug-likeness (QED) is 0.443. The Morgan fingerprint density at radius 2 is 2.00 bits per heavy atom. The van der Waals surface area contributed by atoms with Crippen molar-refractivity contribution >= 4 is 8.32 Å². The summed E-state index contributed by atoms with van der Waals surface area (Å²) < 4.78 is 0. The second-order valence-electron chi connectivity index (χ2n) is 10.7. The topological polar surface area (TPSA) is 60.7 Å². The Bertz CT molecular complexity index is 778. The summed E-state index contributed by atoms with van der Waals surface area (Å²) in [6, 6.07) is 0. The van der Waals surface area contributed by atoms with Crippen molar-refractivity contribution in [3.05, 3.63) is 35.5 Å². The molecule has 0 unspecified atom stereocenters. The van der Waals surface area contributed by atoms with E-state index in [1.807, 2.05) is 13.1 Å². The minimum Gasteiger partial charge on any atom is -0.422 e. The predicted octanol–water partition coefficient (Wildman–Crippen LogP) is 4.89. The molecule has 0 spiro atoms. The third kappa shape index (κ3) is 5.19. The summed E-state index contributed by atoms with van der Waals surface area (Å²) in [5, 5.41) is 20.1. The van der Waals surface area contributed by atoms with E-state index in [-0.39, 0.29) is 0 Å². The highest BCUT2D eigenvalue weighted by atomic mass is 28.4. The molecule has 0 radical (unpaired) electrons. The van der Waals surface area contributed by atoms with Crippen LogP contribution in [0.5, 0.6) is 0 Å². The van der Waals surface area contributed by atoms with E-state index in [4.69, 9.17) is 0 Å². The molecule has 0 heterocycles. The zero-order valence-corrected chi connectivity index (χ0v) is 20.2. The minimum atomic E-state index is -2.29. The average Bonchev–Trinajstić information content (AvgIpc) is 3.00. The summed E-state index contributed by atoms with van der Waals surface area (Å²) in [7, 11) is -2.29. The van der Waals surface area contributed by atoms with Gasteiger partial charge in [-0.2, -0.15) is 0 Å². The minimum absolute atomic E-state index is 0.318. The van der Waals surface area contributed by atoms with Gasteiger partial charge < -0.3 is 15.0 Å². The van der Waals surface area contributed by atoms with E-state index in [1.165, 1.54) is 31.3 Å². The number of rotatable bonds is 3. The molecule has 3 N–H and O–H groups in total. The summed E-state index contributed by atoms with van der Waals surface area (Å²) in [5.41, 5.74) is 6.72. The molecule has 3 rings (SSSR count). The first-order chi connectivity index (χ1) is 14.0. The number of hydrogen-bond donors (Lipinski definition) is 3. The molecule has 0 bridgehead atoms. The summed E-state index contributed by atoms with van der Waals surface area (Å²) in [6.07, 6.45) is 11.3. The lowest BCUT2D eigenvalue weighted by atomic mass is 9.61. The van der Waals surface area contributed by atoms with E-state index >= 15 is 0 Å². The van der Waals surface area contributed by atoms with E-state index in [0.717, 1.165) is 24.0 Å². The smallest absolute Gasteiger partial charge is 0.263 e. The first-order valence-electron chi connectivity index (χ1n) is 11.7. The zero-order valence-electron chi connectivity index (χ0n) is 19.2. The van der Waals surface area contributed by atoms with Crippen LogP contribution in [-0.2, 0) is 0 Å². The van der Waals surface area contributed by atoms with Crippen molar-refractivity contribution in [3.63, 3.8) is 0 Å². The lowest BCUT2D eigenvalue weighted by Crippen LogP contribution is -2.36. The van der Waals surface area contributed by atoms with Crippen LogP contribution in [0.25, 0.3) is 0 Å². The molecule has 0 saturated heterocycles. The number of aliphatic hydroxyl groups excluding tert-OH is 2. The van der Waals surface area contributed by atoms with Crippen LogP contribution in [0.2, 0.25) is 13.1 Å². The number of fused-ring (bicyclic) bond motifs is 1. The van der Waals surface area contributed by atoms with Crippen molar-refractivity contribution in [2.45, 2.75) is 90.5 Å². The Labute approximate surface area is 184 Å². The maximum Gasteiger partial charge on any atom is 0.263 e. The third-order valence-electron chi connectivity index (χ3n) is 7.81. The highest BCUT2D eigenvalue weighted by molar-refractivity contribution is 6.78. The summed E-state index contributed by atoms with van der Waals surface area (Å²) in [4.78, 5) is 10.0. The molecule has 3 aliphatic carbocycles. The van der Waals surface area contributed by atoms with E-state index < -0.39 is 20.5 Å². The first-order valence-corrected chi connectivity index (χ1v) is 14.6. The fourth-order valence-corrected chi connectivity index (χ4v) is 6.78. The van der Waals surface area contributed by atoms with Crippen molar-refractivity contribution in [2.24, 2.45) is 23.2 Å². The van der Waals surface area contributed by atoms with Gasteiger partial charge >= 0.3 is 0 Å². The van der Waals surface area contributed by atoms with Crippen molar-refractivity contribution in [1.29, 1.82) is 0 Å². The number of hydrogen-bond acceptors (Lipinski definition) is 3. The molecule has 0 aliphatic heterocycles. The summed E-state index contributed by atoms with van der Waals surface area (Å²) in [6.45, 7) is 12.6. The second-order valence-corrected chi connectivity index (χ2v) is 14.1. The molecule has 0 aromatic heterocycles. The van der Waals surface area contributed by atoms with Crippen LogP contribution >= 0.6 is 0 Å². The third-order valence-corrected chi connectivity index (χ3v) is 8.60. The molecular formula is C26H40O3Si. The maximum absolute atomic E-state index is 10.1. The van der Waals surface area contributed by atoms with Crippen molar-refractivity contribution < 1.29 is 15.0 Å². The Morgan fingerprint density at radius 3 is 2.70 bits per heavy atom. The van der Waals surface area contributed by atoms with Gasteiger partial charge in [-0.1, -0.05) is 43.7 Å². The van der Waals surface area contributed by atoms with Crippen LogP contribution in [0.1, 0.15) is 65.2 Å². The first kappa shape index (κ1) is 23.5. The molecule has 0 aromatic carbocycles. The lowest BCUT2D eigenvalue weighted by molar-refractivity contribution is 0.0862. The van der Waals surface area contributed by atoms with Gasteiger partial charge in [-0.15, -0.1) is 5.92 Å². The molecule has 4 heteroatoms.